The summed E-state index contributed by atoms with van der Waals surface area (Å²) in [5.74, 6) is -0.198. The summed E-state index contributed by atoms with van der Waals surface area (Å²) in [4.78, 5) is 12.2. The maximum absolute atomic E-state index is 12.7. The van der Waals surface area contributed by atoms with Gasteiger partial charge >= 0.3 is 6.18 Å². The van der Waals surface area contributed by atoms with E-state index in [0.717, 1.165) is 31.5 Å². The van der Waals surface area contributed by atoms with Crippen LogP contribution in [-0.4, -0.2) is 30.6 Å². The Morgan fingerprint density at radius 1 is 1.46 bits per heavy atom. The normalized spacial score (nSPS) is 22.4. The number of nitrogens with one attached hydrogen (secondary N) is 2. The van der Waals surface area contributed by atoms with E-state index in [4.69, 9.17) is 0 Å². The van der Waals surface area contributed by atoms with E-state index in [1.807, 2.05) is 6.92 Å². The number of alkyl halides is 3. The first-order valence-corrected chi connectivity index (χ1v) is 7.57. The smallest absolute Gasteiger partial charge is 0.387 e. The average molecular weight is 367 g/mol. The quantitative estimate of drug-likeness (QED) is 0.767. The number of carbonyl (C=O) groups excluding carboxylic acids is 1. The number of hydrogen-bond acceptors (Lipinski definition) is 3. The van der Waals surface area contributed by atoms with Crippen LogP contribution in [0.3, 0.4) is 0 Å². The first-order chi connectivity index (χ1) is 10.7. The van der Waals surface area contributed by atoms with Gasteiger partial charge in [-0.2, -0.15) is 13.2 Å². The summed E-state index contributed by atoms with van der Waals surface area (Å²) in [6.45, 7) is 3.15. The molecule has 0 bridgehead atoms. The van der Waals surface area contributed by atoms with Crippen molar-refractivity contribution in [1.29, 1.82) is 0 Å². The van der Waals surface area contributed by atoms with Gasteiger partial charge in [-0.15, -0.1) is 12.4 Å². The lowest BCUT2D eigenvalue weighted by molar-refractivity contribution is -0.137. The van der Waals surface area contributed by atoms with Crippen molar-refractivity contribution in [3.05, 3.63) is 35.4 Å². The Morgan fingerprint density at radius 2 is 2.17 bits per heavy atom. The summed E-state index contributed by atoms with van der Waals surface area (Å²) in [5.41, 5.74) is -1.23. The van der Waals surface area contributed by atoms with Gasteiger partial charge in [0.25, 0.3) is 0 Å². The highest BCUT2D eigenvalue weighted by molar-refractivity contribution is 5.85. The van der Waals surface area contributed by atoms with E-state index in [-0.39, 0.29) is 30.4 Å². The number of aliphatic hydroxyl groups excluding tert-OH is 1. The number of amides is 1. The Hall–Kier alpha value is -1.31. The minimum absolute atomic E-state index is 0. The Balaban J connectivity index is 0.00000288. The number of hydrogen-bond donors (Lipinski definition) is 3. The molecule has 0 aromatic heterocycles. The molecule has 0 spiro atoms. The van der Waals surface area contributed by atoms with E-state index in [2.05, 4.69) is 10.6 Å². The first-order valence-electron chi connectivity index (χ1n) is 7.57. The van der Waals surface area contributed by atoms with Crippen LogP contribution in [0.4, 0.5) is 13.2 Å². The van der Waals surface area contributed by atoms with Crippen LogP contribution in [-0.2, 0) is 11.0 Å². The van der Waals surface area contributed by atoms with E-state index in [9.17, 15) is 23.1 Å². The van der Waals surface area contributed by atoms with Gasteiger partial charge < -0.3 is 15.7 Å². The van der Waals surface area contributed by atoms with E-state index in [0.29, 0.717) is 6.54 Å². The highest BCUT2D eigenvalue weighted by Gasteiger charge is 2.35. The third-order valence-electron chi connectivity index (χ3n) is 4.20. The maximum Gasteiger partial charge on any atom is 0.416 e. The van der Waals surface area contributed by atoms with Crippen molar-refractivity contribution in [2.45, 2.75) is 32.0 Å². The Kier molecular flexibility index (Phi) is 7.07. The average Bonchev–Trinajstić information content (AvgIpc) is 2.52. The van der Waals surface area contributed by atoms with E-state index in [1.165, 1.54) is 12.1 Å². The van der Waals surface area contributed by atoms with E-state index in [1.54, 1.807) is 0 Å². The summed E-state index contributed by atoms with van der Waals surface area (Å²) in [5, 5.41) is 15.8. The summed E-state index contributed by atoms with van der Waals surface area (Å²) in [6.07, 6.45) is -4.01. The molecule has 1 aliphatic heterocycles. The molecular weight excluding hydrogens is 345 g/mol. The molecule has 1 heterocycles. The van der Waals surface area contributed by atoms with Gasteiger partial charge in [0.15, 0.2) is 0 Å². The fourth-order valence-corrected chi connectivity index (χ4v) is 2.69. The van der Waals surface area contributed by atoms with Crippen LogP contribution < -0.4 is 10.6 Å². The van der Waals surface area contributed by atoms with Crippen LogP contribution in [0.25, 0.3) is 0 Å². The SMILES string of the molecule is CC1(C(=O)NCC(O)c2cccc(C(F)(F)F)c2)CCCNC1.Cl. The Morgan fingerprint density at radius 3 is 2.75 bits per heavy atom. The van der Waals surface area contributed by atoms with Crippen molar-refractivity contribution < 1.29 is 23.1 Å². The molecule has 4 nitrogen and oxygen atoms in total. The second-order valence-corrected chi connectivity index (χ2v) is 6.19. The lowest BCUT2D eigenvalue weighted by atomic mass is 9.82. The molecule has 1 aliphatic rings. The molecule has 1 amide bonds. The van der Waals surface area contributed by atoms with Gasteiger partial charge in [-0.3, -0.25) is 4.79 Å². The Labute approximate surface area is 145 Å². The number of halogens is 4. The fraction of sp³-hybridized carbons (Fsp3) is 0.562. The molecule has 3 N–H and O–H groups in total. The van der Waals surface area contributed by atoms with Crippen molar-refractivity contribution in [3.63, 3.8) is 0 Å². The summed E-state index contributed by atoms with van der Waals surface area (Å²) < 4.78 is 38.0. The molecule has 0 saturated carbocycles. The fourth-order valence-electron chi connectivity index (χ4n) is 2.69. The predicted octanol–water partition coefficient (Wildman–Crippen LogP) is 2.67. The van der Waals surface area contributed by atoms with Gasteiger partial charge in [0.05, 0.1) is 17.1 Å². The van der Waals surface area contributed by atoms with E-state index < -0.39 is 23.3 Å². The number of benzene rings is 1. The third-order valence-corrected chi connectivity index (χ3v) is 4.20. The van der Waals surface area contributed by atoms with Crippen LogP contribution in [0.15, 0.2) is 24.3 Å². The highest BCUT2D eigenvalue weighted by Crippen LogP contribution is 2.31. The van der Waals surface area contributed by atoms with Gasteiger partial charge in [0, 0.05) is 13.1 Å². The van der Waals surface area contributed by atoms with Crippen molar-refractivity contribution in [3.8, 4) is 0 Å². The lowest BCUT2D eigenvalue weighted by Gasteiger charge is -2.33. The van der Waals surface area contributed by atoms with Crippen molar-refractivity contribution in [2.24, 2.45) is 5.41 Å². The minimum Gasteiger partial charge on any atom is -0.387 e. The number of piperidine rings is 1. The second-order valence-electron chi connectivity index (χ2n) is 6.19. The zero-order valence-electron chi connectivity index (χ0n) is 13.3. The zero-order chi connectivity index (χ0) is 17.1. The van der Waals surface area contributed by atoms with Crippen molar-refractivity contribution >= 4 is 18.3 Å². The molecule has 136 valence electrons. The Bertz CT molecular complexity index is 560. The summed E-state index contributed by atoms with van der Waals surface area (Å²) in [7, 11) is 0. The second kappa shape index (κ2) is 8.18. The first kappa shape index (κ1) is 20.7. The molecule has 1 aromatic carbocycles. The largest absolute Gasteiger partial charge is 0.416 e. The van der Waals surface area contributed by atoms with Crippen molar-refractivity contribution in [1.82, 2.24) is 10.6 Å². The molecule has 0 radical (unpaired) electrons. The van der Waals surface area contributed by atoms with Crippen LogP contribution in [0.5, 0.6) is 0 Å². The number of rotatable bonds is 4. The molecule has 24 heavy (non-hydrogen) atoms. The van der Waals surface area contributed by atoms with Crippen LogP contribution in [0, 0.1) is 5.41 Å². The molecular formula is C16H22ClF3N2O2. The molecule has 2 atom stereocenters. The van der Waals surface area contributed by atoms with Gasteiger partial charge in [-0.25, -0.2) is 0 Å². The summed E-state index contributed by atoms with van der Waals surface area (Å²) in [6, 6.07) is 4.51. The van der Waals surface area contributed by atoms with Gasteiger partial charge in [0.1, 0.15) is 0 Å². The number of aliphatic hydroxyl groups is 1. The lowest BCUT2D eigenvalue weighted by Crippen LogP contribution is -2.49. The third kappa shape index (κ3) is 5.09. The standard InChI is InChI=1S/C16H21F3N2O2.ClH/c1-15(6-3-7-20-10-15)14(23)21-9-13(22)11-4-2-5-12(8-11)16(17,18)19;/h2,4-5,8,13,20,22H,3,6-7,9-10H2,1H3,(H,21,23);1H. The predicted molar refractivity (Wildman–Crippen MR) is 86.9 cm³/mol. The maximum atomic E-state index is 12.7. The molecule has 1 aromatic rings. The molecule has 0 aliphatic carbocycles. The van der Waals surface area contributed by atoms with Crippen LogP contribution >= 0.6 is 12.4 Å². The van der Waals surface area contributed by atoms with E-state index >= 15 is 0 Å². The van der Waals surface area contributed by atoms with Crippen LogP contribution in [0.2, 0.25) is 0 Å². The monoisotopic (exact) mass is 366 g/mol. The van der Waals surface area contributed by atoms with Crippen molar-refractivity contribution in [2.75, 3.05) is 19.6 Å². The minimum atomic E-state index is -4.46. The van der Waals surface area contributed by atoms with Gasteiger partial charge in [0.2, 0.25) is 5.91 Å². The topological polar surface area (TPSA) is 61.4 Å². The zero-order valence-corrected chi connectivity index (χ0v) is 14.1. The van der Waals surface area contributed by atoms with Crippen LogP contribution in [0.1, 0.15) is 37.0 Å². The molecule has 8 heteroatoms. The highest BCUT2D eigenvalue weighted by atomic mass is 35.5. The summed E-state index contributed by atoms with van der Waals surface area (Å²) >= 11 is 0. The van der Waals surface area contributed by atoms with Gasteiger partial charge in [-0.05, 0) is 44.0 Å². The molecule has 1 saturated heterocycles. The molecule has 2 rings (SSSR count). The van der Waals surface area contributed by atoms with Gasteiger partial charge in [-0.1, -0.05) is 12.1 Å². The molecule has 1 fully saturated rings. The number of carbonyl (C=O) groups is 1. The molecule has 2 unspecified atom stereocenters.